The van der Waals surface area contributed by atoms with Crippen molar-refractivity contribution in [3.63, 3.8) is 0 Å². The Balaban J connectivity index is 1.45. The van der Waals surface area contributed by atoms with E-state index in [2.05, 4.69) is 17.0 Å². The Morgan fingerprint density at radius 3 is 2.68 bits per heavy atom. The number of rotatable bonds is 5. The van der Waals surface area contributed by atoms with Gasteiger partial charge in [0.15, 0.2) is 5.65 Å². The molecule has 0 saturated carbocycles. The number of benzene rings is 1. The third-order valence-corrected chi connectivity index (χ3v) is 7.98. The molecule has 8 nitrogen and oxygen atoms in total. The number of carbonyl (C=O) groups excluding carboxylic acids is 1. The molecule has 0 spiro atoms. The molecule has 1 aromatic carbocycles. The second-order valence-corrected chi connectivity index (χ2v) is 10.7. The standard InChI is InChI=1S/C28H34FN5O3/c1-4-19-15-24(26(35)33-12-7-5-6-8-18(33)2)30-25-16-23(31-34(19)25)21-10-9-20(14-22(21)29)32-13-11-28(3,17-32)27(36)37/h9-10,14-16,18H,4-8,11-13,17H2,1-3H3,(H,36,37)/t18-,28?/m1/s1. The third-order valence-electron chi connectivity index (χ3n) is 7.98. The van der Waals surface area contributed by atoms with Gasteiger partial charge in [0.2, 0.25) is 0 Å². The highest BCUT2D eigenvalue weighted by molar-refractivity contribution is 5.93. The second-order valence-electron chi connectivity index (χ2n) is 10.7. The summed E-state index contributed by atoms with van der Waals surface area (Å²) >= 11 is 0. The lowest BCUT2D eigenvalue weighted by molar-refractivity contribution is -0.146. The monoisotopic (exact) mass is 507 g/mol. The molecule has 2 fully saturated rings. The van der Waals surface area contributed by atoms with Crippen molar-refractivity contribution in [3.8, 4) is 11.3 Å². The first-order valence-electron chi connectivity index (χ1n) is 13.2. The van der Waals surface area contributed by atoms with E-state index in [1.165, 1.54) is 6.07 Å². The van der Waals surface area contributed by atoms with Gasteiger partial charge in [-0.05, 0) is 63.8 Å². The first kappa shape index (κ1) is 25.2. The first-order valence-corrected chi connectivity index (χ1v) is 13.2. The molecule has 9 heteroatoms. The number of carboxylic acid groups (broad SMARTS) is 1. The van der Waals surface area contributed by atoms with Crippen molar-refractivity contribution in [2.24, 2.45) is 5.41 Å². The lowest BCUT2D eigenvalue weighted by Gasteiger charge is -2.27. The van der Waals surface area contributed by atoms with Gasteiger partial charge in [-0.15, -0.1) is 0 Å². The Bertz CT molecular complexity index is 1360. The maximum absolute atomic E-state index is 15.3. The summed E-state index contributed by atoms with van der Waals surface area (Å²) < 4.78 is 17.0. The van der Waals surface area contributed by atoms with Crippen LogP contribution in [0.25, 0.3) is 16.9 Å². The smallest absolute Gasteiger partial charge is 0.311 e. The number of aliphatic carboxylic acids is 1. The summed E-state index contributed by atoms with van der Waals surface area (Å²) in [5.74, 6) is -1.33. The van der Waals surface area contributed by atoms with Gasteiger partial charge in [-0.1, -0.05) is 19.8 Å². The van der Waals surface area contributed by atoms with Gasteiger partial charge < -0.3 is 14.9 Å². The molecule has 2 saturated heterocycles. The molecule has 0 aliphatic carbocycles. The van der Waals surface area contributed by atoms with Gasteiger partial charge in [0.1, 0.15) is 11.5 Å². The van der Waals surface area contributed by atoms with E-state index in [0.717, 1.165) is 37.9 Å². The lowest BCUT2D eigenvalue weighted by atomic mass is 9.90. The van der Waals surface area contributed by atoms with Gasteiger partial charge >= 0.3 is 5.97 Å². The molecule has 1 amide bonds. The van der Waals surface area contributed by atoms with E-state index in [1.54, 1.807) is 35.7 Å². The minimum absolute atomic E-state index is 0.0659. The Kier molecular flexibility index (Phi) is 6.64. The number of likely N-dealkylation sites (tertiary alicyclic amines) is 1. The van der Waals surface area contributed by atoms with Crippen LogP contribution < -0.4 is 4.90 Å². The average Bonchev–Trinajstić information content (AvgIpc) is 3.43. The normalized spacial score (nSPS) is 22.4. The number of aryl methyl sites for hydroxylation is 1. The SMILES string of the molecule is CCc1cc(C(=O)N2CCCCC[C@H]2C)nc2cc(-c3ccc(N4CCC(C)(C(=O)O)C4)cc3F)nn12. The van der Waals surface area contributed by atoms with E-state index in [1.807, 2.05) is 16.7 Å². The lowest BCUT2D eigenvalue weighted by Crippen LogP contribution is -2.38. The van der Waals surface area contributed by atoms with Crippen LogP contribution in [0.1, 0.15) is 69.1 Å². The number of halogens is 1. The molecule has 5 rings (SSSR count). The van der Waals surface area contributed by atoms with Crippen LogP contribution in [0.2, 0.25) is 0 Å². The minimum Gasteiger partial charge on any atom is -0.481 e. The third kappa shape index (κ3) is 4.67. The maximum atomic E-state index is 15.3. The molecule has 196 valence electrons. The van der Waals surface area contributed by atoms with Crippen LogP contribution in [0.4, 0.5) is 10.1 Å². The van der Waals surface area contributed by atoms with Gasteiger partial charge in [-0.3, -0.25) is 9.59 Å². The highest BCUT2D eigenvalue weighted by atomic mass is 19.1. The number of fused-ring (bicyclic) bond motifs is 1. The number of hydrogen-bond acceptors (Lipinski definition) is 5. The molecule has 2 aromatic heterocycles. The number of hydrogen-bond donors (Lipinski definition) is 1. The van der Waals surface area contributed by atoms with Crippen molar-refractivity contribution in [1.82, 2.24) is 19.5 Å². The van der Waals surface area contributed by atoms with Crippen molar-refractivity contribution < 1.29 is 19.1 Å². The molecule has 1 N–H and O–H groups in total. The van der Waals surface area contributed by atoms with E-state index in [0.29, 0.717) is 54.2 Å². The summed E-state index contributed by atoms with van der Waals surface area (Å²) in [6, 6.07) is 8.62. The predicted molar refractivity (Wildman–Crippen MR) is 139 cm³/mol. The average molecular weight is 508 g/mol. The fraction of sp³-hybridized carbons (Fsp3) is 0.500. The second kappa shape index (κ2) is 9.76. The number of anilines is 1. The molecule has 2 atom stereocenters. The molecular weight excluding hydrogens is 473 g/mol. The Hall–Kier alpha value is -3.49. The van der Waals surface area contributed by atoms with Gasteiger partial charge in [0.05, 0.1) is 11.1 Å². The zero-order valence-electron chi connectivity index (χ0n) is 21.7. The van der Waals surface area contributed by atoms with Crippen molar-refractivity contribution in [2.45, 2.75) is 65.3 Å². The number of amides is 1. The zero-order chi connectivity index (χ0) is 26.3. The minimum atomic E-state index is -0.834. The summed E-state index contributed by atoms with van der Waals surface area (Å²) in [5, 5.41) is 14.1. The van der Waals surface area contributed by atoms with Crippen molar-refractivity contribution >= 4 is 23.2 Å². The van der Waals surface area contributed by atoms with Crippen LogP contribution >= 0.6 is 0 Å². The van der Waals surface area contributed by atoms with Crippen LogP contribution in [0.5, 0.6) is 0 Å². The Morgan fingerprint density at radius 2 is 1.97 bits per heavy atom. The van der Waals surface area contributed by atoms with E-state index < -0.39 is 17.2 Å². The highest BCUT2D eigenvalue weighted by Gasteiger charge is 2.40. The van der Waals surface area contributed by atoms with E-state index in [-0.39, 0.29) is 11.9 Å². The molecular formula is C28H34FN5O3. The number of carbonyl (C=O) groups is 2. The van der Waals surface area contributed by atoms with Crippen molar-refractivity contribution in [3.05, 3.63) is 47.5 Å². The summed E-state index contributed by atoms with van der Waals surface area (Å²) in [7, 11) is 0. The summed E-state index contributed by atoms with van der Waals surface area (Å²) in [6.07, 6.45) is 5.42. The Morgan fingerprint density at radius 1 is 1.16 bits per heavy atom. The Labute approximate surface area is 216 Å². The predicted octanol–water partition coefficient (Wildman–Crippen LogP) is 4.80. The van der Waals surface area contributed by atoms with Crippen LogP contribution in [-0.2, 0) is 11.2 Å². The fourth-order valence-corrected chi connectivity index (χ4v) is 5.52. The molecule has 3 aromatic rings. The van der Waals surface area contributed by atoms with Gasteiger partial charge in [-0.2, -0.15) is 5.10 Å². The largest absolute Gasteiger partial charge is 0.481 e. The topological polar surface area (TPSA) is 91.0 Å². The summed E-state index contributed by atoms with van der Waals surface area (Å²) in [5.41, 5.74) is 2.35. The van der Waals surface area contributed by atoms with E-state index in [4.69, 9.17) is 0 Å². The molecule has 2 aliphatic rings. The summed E-state index contributed by atoms with van der Waals surface area (Å²) in [6.45, 7) is 7.45. The fourth-order valence-electron chi connectivity index (χ4n) is 5.52. The molecule has 1 unspecified atom stereocenters. The van der Waals surface area contributed by atoms with Gasteiger partial charge in [-0.25, -0.2) is 13.9 Å². The molecule has 0 radical (unpaired) electrons. The van der Waals surface area contributed by atoms with Crippen LogP contribution in [0.15, 0.2) is 30.3 Å². The molecule has 2 aliphatic heterocycles. The van der Waals surface area contributed by atoms with E-state index >= 15 is 4.39 Å². The van der Waals surface area contributed by atoms with E-state index in [9.17, 15) is 14.7 Å². The van der Waals surface area contributed by atoms with Crippen LogP contribution in [0.3, 0.4) is 0 Å². The molecule has 37 heavy (non-hydrogen) atoms. The molecule has 0 bridgehead atoms. The molecule has 4 heterocycles. The van der Waals surface area contributed by atoms with Crippen molar-refractivity contribution in [1.29, 1.82) is 0 Å². The zero-order valence-corrected chi connectivity index (χ0v) is 21.7. The first-order chi connectivity index (χ1) is 17.7. The van der Waals surface area contributed by atoms with Gasteiger partial charge in [0.25, 0.3) is 5.91 Å². The highest BCUT2D eigenvalue weighted by Crippen LogP contribution is 2.35. The van der Waals surface area contributed by atoms with Crippen LogP contribution in [0, 0.1) is 11.2 Å². The number of aromatic nitrogens is 3. The van der Waals surface area contributed by atoms with Gasteiger partial charge in [0, 0.05) is 48.7 Å². The van der Waals surface area contributed by atoms with Crippen molar-refractivity contribution in [2.75, 3.05) is 24.5 Å². The maximum Gasteiger partial charge on any atom is 0.311 e. The summed E-state index contributed by atoms with van der Waals surface area (Å²) in [4.78, 5) is 33.4. The number of carboxylic acids is 1. The van der Waals surface area contributed by atoms with Crippen LogP contribution in [-0.4, -0.2) is 62.2 Å². The quantitative estimate of drug-likeness (QED) is 0.533. The number of nitrogens with zero attached hydrogens (tertiary/aromatic N) is 5.